The summed E-state index contributed by atoms with van der Waals surface area (Å²) in [6, 6.07) is 6.99. The van der Waals surface area contributed by atoms with Crippen LogP contribution in [0, 0.1) is 11.6 Å². The van der Waals surface area contributed by atoms with Crippen molar-refractivity contribution >= 4 is 33.8 Å². The number of hydrogen-bond acceptors (Lipinski definition) is 6. The van der Waals surface area contributed by atoms with Crippen LogP contribution in [-0.2, 0) is 21.5 Å². The van der Waals surface area contributed by atoms with Crippen molar-refractivity contribution in [3.8, 4) is 0 Å². The number of alkyl halides is 3. The molecule has 0 spiro atoms. The number of hydrazine groups is 1. The van der Waals surface area contributed by atoms with Gasteiger partial charge in [-0.2, -0.15) is 25.9 Å². The summed E-state index contributed by atoms with van der Waals surface area (Å²) in [7, 11) is -4.46. The van der Waals surface area contributed by atoms with Crippen LogP contribution in [0.3, 0.4) is 0 Å². The minimum atomic E-state index is -5.27. The first-order valence-corrected chi connectivity index (χ1v) is 12.0. The number of rotatable bonds is 6. The smallest absolute Gasteiger partial charge is 0.472 e. The lowest BCUT2D eigenvalue weighted by Gasteiger charge is -2.38. The van der Waals surface area contributed by atoms with Crippen molar-refractivity contribution in [1.29, 1.82) is 0 Å². The second-order valence-corrected chi connectivity index (χ2v) is 9.71. The van der Waals surface area contributed by atoms with Crippen molar-refractivity contribution in [1.82, 2.24) is 20.1 Å². The molecular weight excluding hydrogens is 545 g/mol. The number of anilines is 1. The first kappa shape index (κ1) is 28.6. The monoisotopic (exact) mass is 564 g/mol. The molecule has 1 saturated heterocycles. The molecule has 1 aliphatic heterocycles. The number of nitrogens with one attached hydrogen (secondary N) is 2. The molecule has 0 saturated carbocycles. The molecule has 0 aromatic heterocycles. The maximum Gasteiger partial charge on any atom is 0.472 e. The van der Waals surface area contributed by atoms with Crippen molar-refractivity contribution in [3.63, 3.8) is 0 Å². The maximum absolute atomic E-state index is 14.9. The van der Waals surface area contributed by atoms with Gasteiger partial charge < -0.3 is 14.8 Å². The number of carbonyl (C=O) groups excluding carboxylic acids is 3. The summed E-state index contributed by atoms with van der Waals surface area (Å²) in [4.78, 5) is 34.8. The van der Waals surface area contributed by atoms with E-state index in [4.69, 9.17) is 0 Å². The number of carboxylic acid groups (broad SMARTS) is 1. The van der Waals surface area contributed by atoms with Gasteiger partial charge in [-0.3, -0.25) is 24.7 Å². The molecule has 2 aromatic carbocycles. The van der Waals surface area contributed by atoms with Gasteiger partial charge in [0.15, 0.2) is 0 Å². The Hall–Kier alpha value is -3.99. The third-order valence-corrected chi connectivity index (χ3v) is 7.29. The first-order chi connectivity index (χ1) is 17.7. The van der Waals surface area contributed by atoms with Crippen molar-refractivity contribution < 1.29 is 49.9 Å². The second-order valence-electron chi connectivity index (χ2n) is 7.86. The molecule has 1 fully saturated rings. The van der Waals surface area contributed by atoms with Crippen LogP contribution in [0.5, 0.6) is 0 Å². The summed E-state index contributed by atoms with van der Waals surface area (Å²) >= 11 is 0. The number of nitrogens with zero attached hydrogens (tertiary/aromatic N) is 3. The third-order valence-electron chi connectivity index (χ3n) is 5.37. The zero-order chi connectivity index (χ0) is 28.3. The highest BCUT2D eigenvalue weighted by atomic mass is 32.2. The molecule has 3 rings (SSSR count). The second kappa shape index (κ2) is 11.2. The Kier molecular flexibility index (Phi) is 8.41. The molecule has 2 aromatic rings. The molecule has 1 aliphatic rings. The fourth-order valence-corrected chi connectivity index (χ4v) is 4.99. The summed E-state index contributed by atoms with van der Waals surface area (Å²) in [5.41, 5.74) is 1.63. The van der Waals surface area contributed by atoms with Crippen LogP contribution in [0.25, 0.3) is 0 Å². The summed E-state index contributed by atoms with van der Waals surface area (Å²) in [6.07, 6.45) is -6.75. The average Bonchev–Trinajstić information content (AvgIpc) is 2.85. The van der Waals surface area contributed by atoms with Gasteiger partial charge in [-0.15, -0.1) is 0 Å². The molecule has 11 nitrogen and oxygen atoms in total. The zero-order valence-electron chi connectivity index (χ0n) is 19.2. The van der Waals surface area contributed by atoms with Gasteiger partial charge in [0.2, 0.25) is 0 Å². The van der Waals surface area contributed by atoms with Gasteiger partial charge in [0.25, 0.3) is 5.91 Å². The number of amides is 3. The number of halogens is 5. The third kappa shape index (κ3) is 6.65. The van der Waals surface area contributed by atoms with Gasteiger partial charge in [0.05, 0.1) is 12.2 Å². The topological polar surface area (TPSA) is 142 Å². The van der Waals surface area contributed by atoms with E-state index in [1.54, 1.807) is 0 Å². The minimum Gasteiger partial charge on any atom is -0.530 e. The Balaban J connectivity index is 1.85. The van der Waals surface area contributed by atoms with Crippen molar-refractivity contribution in [3.05, 3.63) is 65.2 Å². The van der Waals surface area contributed by atoms with Crippen LogP contribution in [-0.4, -0.2) is 67.9 Å². The molecule has 1 heterocycles. The molecule has 17 heteroatoms. The van der Waals surface area contributed by atoms with Gasteiger partial charge in [0.1, 0.15) is 17.7 Å². The van der Waals surface area contributed by atoms with Crippen LogP contribution in [0.4, 0.5) is 32.4 Å². The standard InChI is InChI=1S/C21H20F5N5O6S/c22-15-2-1-3-16(11-15)31(38(36,37)30-8-6-29(7-9-30)20(34)35)12-14-5-4-13(10-17(14)23)18(32)27-28-19(33)21(24,25)26/h1-5,10-11H,6-9,12H2,(H,27,32)(H,28,33)(H,34,35)/p-1. The predicted octanol–water partition coefficient (Wildman–Crippen LogP) is 0.500. The summed E-state index contributed by atoms with van der Waals surface area (Å²) in [6.45, 7) is -1.59. The first-order valence-electron chi connectivity index (χ1n) is 10.7. The largest absolute Gasteiger partial charge is 0.530 e. The molecule has 0 unspecified atom stereocenters. The lowest BCUT2D eigenvalue weighted by Crippen LogP contribution is -2.56. The molecule has 3 amide bonds. The van der Waals surface area contributed by atoms with E-state index in [0.29, 0.717) is 10.4 Å². The summed E-state index contributed by atoms with van der Waals surface area (Å²) in [5, 5.41) is 11.0. The lowest BCUT2D eigenvalue weighted by molar-refractivity contribution is -0.266. The highest BCUT2D eigenvalue weighted by Gasteiger charge is 2.39. The fourth-order valence-electron chi connectivity index (χ4n) is 3.41. The van der Waals surface area contributed by atoms with E-state index in [0.717, 1.165) is 38.9 Å². The van der Waals surface area contributed by atoms with Gasteiger partial charge in [-0.05, 0) is 30.3 Å². The van der Waals surface area contributed by atoms with Gasteiger partial charge in [-0.1, -0.05) is 12.1 Å². The average molecular weight is 564 g/mol. The van der Waals surface area contributed by atoms with E-state index in [1.165, 1.54) is 17.6 Å². The molecule has 0 aliphatic carbocycles. The van der Waals surface area contributed by atoms with E-state index >= 15 is 0 Å². The Labute approximate surface area is 212 Å². The quantitative estimate of drug-likeness (QED) is 0.387. The van der Waals surface area contributed by atoms with Crippen LogP contribution >= 0.6 is 0 Å². The van der Waals surface area contributed by atoms with Crippen molar-refractivity contribution in [2.45, 2.75) is 12.7 Å². The zero-order valence-corrected chi connectivity index (χ0v) is 20.0. The fraction of sp³-hybridized carbons (Fsp3) is 0.286. The Morgan fingerprint density at radius 1 is 0.974 bits per heavy atom. The highest BCUT2D eigenvalue weighted by Crippen LogP contribution is 2.26. The summed E-state index contributed by atoms with van der Waals surface area (Å²) < 4.78 is 94.1. The normalized spacial score (nSPS) is 14.6. The van der Waals surface area contributed by atoms with Crippen LogP contribution in [0.2, 0.25) is 0 Å². The van der Waals surface area contributed by atoms with Crippen LogP contribution < -0.4 is 20.3 Å². The Bertz CT molecular complexity index is 1330. The molecule has 0 radical (unpaired) electrons. The highest BCUT2D eigenvalue weighted by molar-refractivity contribution is 7.90. The minimum absolute atomic E-state index is 0.177. The number of piperazine rings is 1. The van der Waals surface area contributed by atoms with E-state index in [1.807, 2.05) is 0 Å². The van der Waals surface area contributed by atoms with Crippen LogP contribution in [0.1, 0.15) is 15.9 Å². The molecular formula is C21H19F5N5O6S-. The summed E-state index contributed by atoms with van der Waals surface area (Å²) in [5.74, 6) is -5.66. The number of benzene rings is 2. The molecule has 206 valence electrons. The van der Waals surface area contributed by atoms with Gasteiger partial charge >= 0.3 is 22.3 Å². The molecule has 0 atom stereocenters. The van der Waals surface area contributed by atoms with Gasteiger partial charge in [-0.25, -0.2) is 8.78 Å². The van der Waals surface area contributed by atoms with Crippen molar-refractivity contribution in [2.75, 3.05) is 30.5 Å². The van der Waals surface area contributed by atoms with Crippen molar-refractivity contribution in [2.24, 2.45) is 0 Å². The van der Waals surface area contributed by atoms with Crippen LogP contribution in [0.15, 0.2) is 42.5 Å². The van der Waals surface area contributed by atoms with Gasteiger partial charge in [0, 0.05) is 37.3 Å². The molecule has 2 N–H and O–H groups in total. The predicted molar refractivity (Wildman–Crippen MR) is 118 cm³/mol. The molecule has 0 bridgehead atoms. The SMILES string of the molecule is O=C(NNC(=O)C(F)(F)F)c1ccc(CN(c2cccc(F)c2)S(=O)(=O)N2CCN(C(=O)[O-])CC2)c(F)c1. The van der Waals surface area contributed by atoms with E-state index in [9.17, 15) is 49.9 Å². The number of carbonyl (C=O) groups is 3. The molecule has 38 heavy (non-hydrogen) atoms. The lowest BCUT2D eigenvalue weighted by atomic mass is 10.1. The van der Waals surface area contributed by atoms with E-state index in [2.05, 4.69) is 0 Å². The van der Waals surface area contributed by atoms with E-state index < -0.39 is 58.0 Å². The number of hydrogen-bond donors (Lipinski definition) is 2. The Morgan fingerprint density at radius 2 is 1.63 bits per heavy atom. The Morgan fingerprint density at radius 3 is 2.18 bits per heavy atom. The maximum atomic E-state index is 14.9. The van der Waals surface area contributed by atoms with E-state index in [-0.39, 0.29) is 37.4 Å².